The summed E-state index contributed by atoms with van der Waals surface area (Å²) in [4.78, 5) is 12.1. The van der Waals surface area contributed by atoms with Crippen molar-refractivity contribution in [2.45, 2.75) is 83.2 Å². The molecule has 3 nitrogen and oxygen atoms in total. The topological polar surface area (TPSA) is 41.1 Å². The van der Waals surface area contributed by atoms with Crippen molar-refractivity contribution in [3.8, 4) is 0 Å². The van der Waals surface area contributed by atoms with E-state index in [4.69, 9.17) is 0 Å². The molecule has 134 valence electrons. The van der Waals surface area contributed by atoms with Crippen LogP contribution in [-0.2, 0) is 6.54 Å². The summed E-state index contributed by atoms with van der Waals surface area (Å²) in [7, 11) is 0. The van der Waals surface area contributed by atoms with Gasteiger partial charge in [-0.2, -0.15) is 0 Å². The van der Waals surface area contributed by atoms with Gasteiger partial charge in [0.2, 0.25) is 0 Å². The second kappa shape index (κ2) is 11.1. The fraction of sp³-hybridized carbons (Fsp3) is 0.650. The van der Waals surface area contributed by atoms with E-state index in [1.807, 2.05) is 0 Å². The van der Waals surface area contributed by atoms with E-state index >= 15 is 0 Å². The van der Waals surface area contributed by atoms with Crippen molar-refractivity contribution in [2.24, 2.45) is 0 Å². The first-order chi connectivity index (χ1) is 11.8. The van der Waals surface area contributed by atoms with Crippen LogP contribution in [0.1, 0.15) is 76.2 Å². The highest BCUT2D eigenvalue weighted by atomic mass is 19.1. The van der Waals surface area contributed by atoms with Crippen molar-refractivity contribution < 1.29 is 9.18 Å². The summed E-state index contributed by atoms with van der Waals surface area (Å²) < 4.78 is 13.6. The van der Waals surface area contributed by atoms with Crippen molar-refractivity contribution in [2.75, 3.05) is 0 Å². The van der Waals surface area contributed by atoms with Gasteiger partial charge < -0.3 is 10.6 Å². The van der Waals surface area contributed by atoms with Gasteiger partial charge >= 0.3 is 6.03 Å². The average Bonchev–Trinajstić information content (AvgIpc) is 2.56. The van der Waals surface area contributed by atoms with Crippen LogP contribution in [0.4, 0.5) is 9.18 Å². The number of nitrogens with one attached hydrogen (secondary N) is 2. The number of benzene rings is 1. The third-order valence-electron chi connectivity index (χ3n) is 4.84. The van der Waals surface area contributed by atoms with E-state index in [2.05, 4.69) is 10.6 Å². The van der Waals surface area contributed by atoms with Crippen LogP contribution in [0.25, 0.3) is 0 Å². The molecule has 0 spiro atoms. The molecule has 0 aliphatic heterocycles. The Bertz CT molecular complexity index is 480. The highest BCUT2D eigenvalue weighted by molar-refractivity contribution is 5.74. The van der Waals surface area contributed by atoms with Gasteiger partial charge in [0.05, 0.1) is 0 Å². The van der Waals surface area contributed by atoms with Crippen molar-refractivity contribution in [1.82, 2.24) is 10.6 Å². The number of hydrogen-bond acceptors (Lipinski definition) is 1. The standard InChI is InChI=1S/C20H31FN2O/c21-19-15-11-10-12-17(19)16-22-20(24)23-18-13-8-6-4-2-1-3-5-7-9-14-18/h10-12,15,18H,1-9,13-14,16H2,(H2,22,23,24). The Hall–Kier alpha value is -1.58. The maximum Gasteiger partial charge on any atom is 0.315 e. The highest BCUT2D eigenvalue weighted by Gasteiger charge is 2.13. The first-order valence-electron chi connectivity index (χ1n) is 9.53. The number of carbonyl (C=O) groups is 1. The summed E-state index contributed by atoms with van der Waals surface area (Å²) in [6, 6.07) is 6.61. The number of carbonyl (C=O) groups excluding carboxylic acids is 1. The molecule has 1 aromatic rings. The normalized spacial score (nSPS) is 18.2. The molecule has 0 unspecified atom stereocenters. The third kappa shape index (κ3) is 7.33. The molecule has 0 atom stereocenters. The van der Waals surface area contributed by atoms with Crippen LogP contribution >= 0.6 is 0 Å². The quantitative estimate of drug-likeness (QED) is 0.774. The zero-order valence-corrected chi connectivity index (χ0v) is 14.7. The molecule has 1 saturated carbocycles. The molecule has 0 aromatic heterocycles. The van der Waals surface area contributed by atoms with E-state index in [1.54, 1.807) is 18.2 Å². The zero-order valence-electron chi connectivity index (χ0n) is 14.7. The van der Waals surface area contributed by atoms with Crippen molar-refractivity contribution in [1.29, 1.82) is 0 Å². The Balaban J connectivity index is 1.75. The monoisotopic (exact) mass is 334 g/mol. The minimum absolute atomic E-state index is 0.185. The molecule has 0 saturated heterocycles. The number of hydrogen-bond donors (Lipinski definition) is 2. The second-order valence-corrected chi connectivity index (χ2v) is 6.87. The number of halogens is 1. The predicted octanol–water partition coefficient (Wildman–Crippen LogP) is 5.30. The van der Waals surface area contributed by atoms with Gasteiger partial charge in [0.1, 0.15) is 5.82 Å². The lowest BCUT2D eigenvalue weighted by Gasteiger charge is -2.20. The van der Waals surface area contributed by atoms with Crippen LogP contribution in [0.5, 0.6) is 0 Å². The van der Waals surface area contributed by atoms with Crippen LogP contribution in [0.15, 0.2) is 24.3 Å². The lowest BCUT2D eigenvalue weighted by atomic mass is 9.98. The molecule has 0 radical (unpaired) electrons. The van der Waals surface area contributed by atoms with Crippen LogP contribution in [0, 0.1) is 5.82 Å². The molecule has 1 fully saturated rings. The third-order valence-corrected chi connectivity index (χ3v) is 4.84. The number of rotatable bonds is 3. The number of urea groups is 1. The minimum Gasteiger partial charge on any atom is -0.335 e. The molecule has 2 N–H and O–H groups in total. The van der Waals surface area contributed by atoms with Gasteiger partial charge in [-0.3, -0.25) is 0 Å². The molecule has 1 aliphatic rings. The van der Waals surface area contributed by atoms with Crippen LogP contribution in [-0.4, -0.2) is 12.1 Å². The van der Waals surface area contributed by atoms with Gasteiger partial charge in [0.15, 0.2) is 0 Å². The molecule has 1 aromatic carbocycles. The predicted molar refractivity (Wildman–Crippen MR) is 96.3 cm³/mol. The summed E-state index contributed by atoms with van der Waals surface area (Å²) in [5.74, 6) is -0.274. The van der Waals surface area contributed by atoms with E-state index in [1.165, 1.54) is 63.9 Å². The first-order valence-corrected chi connectivity index (χ1v) is 9.53. The summed E-state index contributed by atoms with van der Waals surface area (Å²) in [5.41, 5.74) is 0.520. The summed E-state index contributed by atoms with van der Waals surface area (Å²) >= 11 is 0. The van der Waals surface area contributed by atoms with Crippen LogP contribution in [0.3, 0.4) is 0 Å². The van der Waals surface area contributed by atoms with E-state index in [-0.39, 0.29) is 24.4 Å². The van der Waals surface area contributed by atoms with Crippen LogP contribution < -0.4 is 10.6 Å². The fourth-order valence-electron chi connectivity index (χ4n) is 3.36. The van der Waals surface area contributed by atoms with Gasteiger partial charge in [-0.15, -0.1) is 0 Å². The molecule has 4 heteroatoms. The lowest BCUT2D eigenvalue weighted by Crippen LogP contribution is -2.42. The van der Waals surface area contributed by atoms with Gasteiger partial charge in [0, 0.05) is 18.2 Å². The number of amides is 2. The first kappa shape index (κ1) is 18.8. The highest BCUT2D eigenvalue weighted by Crippen LogP contribution is 2.17. The smallest absolute Gasteiger partial charge is 0.315 e. The summed E-state index contributed by atoms with van der Waals surface area (Å²) in [6.07, 6.45) is 13.7. The maximum atomic E-state index is 13.6. The van der Waals surface area contributed by atoms with Crippen molar-refractivity contribution >= 4 is 6.03 Å². The van der Waals surface area contributed by atoms with E-state index in [0.29, 0.717) is 5.56 Å². The molecule has 0 bridgehead atoms. The van der Waals surface area contributed by atoms with Crippen molar-refractivity contribution in [3.63, 3.8) is 0 Å². The van der Waals surface area contributed by atoms with Gasteiger partial charge in [-0.25, -0.2) is 9.18 Å². The molecule has 24 heavy (non-hydrogen) atoms. The summed E-state index contributed by atoms with van der Waals surface area (Å²) in [6.45, 7) is 0.227. The Kier molecular flexibility index (Phi) is 8.64. The molecular formula is C20H31FN2O. The molecule has 2 amide bonds. The fourth-order valence-corrected chi connectivity index (χ4v) is 3.36. The van der Waals surface area contributed by atoms with E-state index in [9.17, 15) is 9.18 Å². The molecule has 2 rings (SSSR count). The SMILES string of the molecule is O=C(NCc1ccccc1F)NC1CCCCCCCCCCC1. The Morgan fingerprint density at radius 3 is 2.04 bits per heavy atom. The van der Waals surface area contributed by atoms with Crippen LogP contribution in [0.2, 0.25) is 0 Å². The Morgan fingerprint density at radius 1 is 0.917 bits per heavy atom. The minimum atomic E-state index is -0.274. The average molecular weight is 334 g/mol. The molecule has 0 heterocycles. The Morgan fingerprint density at radius 2 is 1.46 bits per heavy atom. The Labute approximate surface area is 145 Å². The van der Waals surface area contributed by atoms with Gasteiger partial charge in [-0.1, -0.05) is 76.0 Å². The summed E-state index contributed by atoms with van der Waals surface area (Å²) in [5, 5.41) is 5.87. The largest absolute Gasteiger partial charge is 0.335 e. The second-order valence-electron chi connectivity index (χ2n) is 6.87. The zero-order chi connectivity index (χ0) is 17.0. The van der Waals surface area contributed by atoms with Gasteiger partial charge in [0.25, 0.3) is 0 Å². The molecular weight excluding hydrogens is 303 g/mol. The lowest BCUT2D eigenvalue weighted by molar-refractivity contribution is 0.234. The van der Waals surface area contributed by atoms with E-state index in [0.717, 1.165) is 12.8 Å². The van der Waals surface area contributed by atoms with Crippen molar-refractivity contribution in [3.05, 3.63) is 35.6 Å². The van der Waals surface area contributed by atoms with E-state index < -0.39 is 0 Å². The van der Waals surface area contributed by atoms with Gasteiger partial charge in [-0.05, 0) is 18.9 Å². The maximum absolute atomic E-state index is 13.6. The molecule has 1 aliphatic carbocycles.